The average molecular weight is 371 g/mol. The number of nitrogens with zero attached hydrogens (tertiary/aromatic N) is 3. The van der Waals surface area contributed by atoms with Crippen LogP contribution >= 0.6 is 11.6 Å². The van der Waals surface area contributed by atoms with Crippen LogP contribution in [0.2, 0.25) is 5.02 Å². The third kappa shape index (κ3) is 3.86. The van der Waals surface area contributed by atoms with E-state index in [9.17, 15) is 4.79 Å². The van der Waals surface area contributed by atoms with Gasteiger partial charge in [-0.05, 0) is 35.9 Å². The Labute approximate surface area is 156 Å². The number of aromatic nitrogens is 3. The third-order valence-corrected chi connectivity index (χ3v) is 4.26. The van der Waals surface area contributed by atoms with Crippen molar-refractivity contribution in [1.29, 1.82) is 0 Å². The van der Waals surface area contributed by atoms with E-state index in [4.69, 9.17) is 16.3 Å². The largest absolute Gasteiger partial charge is 0.497 e. The highest BCUT2D eigenvalue weighted by molar-refractivity contribution is 6.31. The summed E-state index contributed by atoms with van der Waals surface area (Å²) < 4.78 is 6.47. The van der Waals surface area contributed by atoms with Gasteiger partial charge in [0.1, 0.15) is 5.75 Å². The van der Waals surface area contributed by atoms with Crippen molar-refractivity contribution in [3.05, 3.63) is 59.1 Å². The van der Waals surface area contributed by atoms with Crippen LogP contribution in [-0.4, -0.2) is 27.8 Å². The molecule has 0 saturated carbocycles. The first-order valence-corrected chi connectivity index (χ1v) is 8.62. The molecule has 0 radical (unpaired) electrons. The van der Waals surface area contributed by atoms with Crippen molar-refractivity contribution in [3.8, 4) is 17.1 Å². The SMILES string of the molecule is CCC(=O)n1nc(-c2ccc(OC)cc2)nc1NCc1ccccc1Cl. The molecule has 0 atom stereocenters. The fourth-order valence-corrected chi connectivity index (χ4v) is 2.63. The number of hydrogen-bond acceptors (Lipinski definition) is 5. The second-order valence-electron chi connectivity index (χ2n) is 5.59. The van der Waals surface area contributed by atoms with Crippen molar-refractivity contribution < 1.29 is 9.53 Å². The molecule has 0 fully saturated rings. The fourth-order valence-electron chi connectivity index (χ4n) is 2.43. The van der Waals surface area contributed by atoms with Crippen molar-refractivity contribution >= 4 is 23.5 Å². The molecule has 1 N–H and O–H groups in total. The number of anilines is 1. The monoisotopic (exact) mass is 370 g/mol. The predicted octanol–water partition coefficient (Wildman–Crippen LogP) is 4.27. The van der Waals surface area contributed by atoms with E-state index in [0.717, 1.165) is 16.9 Å². The van der Waals surface area contributed by atoms with Crippen molar-refractivity contribution in [1.82, 2.24) is 14.8 Å². The summed E-state index contributed by atoms with van der Waals surface area (Å²) in [6, 6.07) is 14.9. The molecule has 0 spiro atoms. The molecule has 0 amide bonds. The summed E-state index contributed by atoms with van der Waals surface area (Å²) in [5.74, 6) is 1.47. The number of carbonyl (C=O) groups excluding carboxylic acids is 1. The first-order valence-electron chi connectivity index (χ1n) is 8.24. The topological polar surface area (TPSA) is 69.0 Å². The maximum atomic E-state index is 12.2. The highest BCUT2D eigenvalue weighted by Crippen LogP contribution is 2.22. The van der Waals surface area contributed by atoms with Crippen LogP contribution in [0.5, 0.6) is 5.75 Å². The summed E-state index contributed by atoms with van der Waals surface area (Å²) in [6.07, 6.45) is 0.326. The van der Waals surface area contributed by atoms with Gasteiger partial charge in [-0.3, -0.25) is 4.79 Å². The molecule has 1 aromatic heterocycles. The molecule has 0 aliphatic carbocycles. The van der Waals surface area contributed by atoms with Crippen molar-refractivity contribution in [2.45, 2.75) is 19.9 Å². The van der Waals surface area contributed by atoms with E-state index in [1.54, 1.807) is 14.0 Å². The van der Waals surface area contributed by atoms with Crippen LogP contribution in [0.4, 0.5) is 5.95 Å². The molecule has 1 heterocycles. The number of methoxy groups -OCH3 is 1. The molecule has 0 aliphatic rings. The molecule has 7 heteroatoms. The zero-order valence-corrected chi connectivity index (χ0v) is 15.3. The van der Waals surface area contributed by atoms with Gasteiger partial charge in [0.25, 0.3) is 0 Å². The van der Waals surface area contributed by atoms with Gasteiger partial charge in [0.05, 0.1) is 7.11 Å². The Morgan fingerprint density at radius 1 is 1.19 bits per heavy atom. The lowest BCUT2D eigenvalue weighted by molar-refractivity contribution is 0.0895. The summed E-state index contributed by atoms with van der Waals surface area (Å²) in [5.41, 5.74) is 1.72. The number of halogens is 1. The molecule has 0 saturated heterocycles. The molecule has 0 unspecified atom stereocenters. The highest BCUT2D eigenvalue weighted by atomic mass is 35.5. The van der Waals surface area contributed by atoms with Crippen LogP contribution in [0.1, 0.15) is 23.7 Å². The Bertz CT molecular complexity index is 906. The molecule has 0 bridgehead atoms. The molecule has 6 nitrogen and oxygen atoms in total. The minimum absolute atomic E-state index is 0.140. The van der Waals surface area contributed by atoms with Crippen molar-refractivity contribution in [2.75, 3.05) is 12.4 Å². The van der Waals surface area contributed by atoms with Gasteiger partial charge in [0.15, 0.2) is 5.82 Å². The van der Waals surface area contributed by atoms with E-state index >= 15 is 0 Å². The van der Waals surface area contributed by atoms with Crippen LogP contribution in [0.15, 0.2) is 48.5 Å². The maximum absolute atomic E-state index is 12.2. The molecule has 0 aliphatic heterocycles. The first kappa shape index (κ1) is 17.9. The summed E-state index contributed by atoms with van der Waals surface area (Å²) in [6.45, 7) is 2.23. The van der Waals surface area contributed by atoms with Gasteiger partial charge in [-0.2, -0.15) is 9.67 Å². The summed E-state index contributed by atoms with van der Waals surface area (Å²) in [5, 5.41) is 8.17. The van der Waals surface area contributed by atoms with E-state index in [0.29, 0.717) is 29.8 Å². The lowest BCUT2D eigenvalue weighted by Gasteiger charge is -2.07. The molecule has 134 valence electrons. The first-order chi connectivity index (χ1) is 12.6. The Hall–Kier alpha value is -2.86. The minimum atomic E-state index is -0.140. The minimum Gasteiger partial charge on any atom is -0.497 e. The zero-order valence-electron chi connectivity index (χ0n) is 14.6. The number of rotatable bonds is 6. The van der Waals surface area contributed by atoms with Crippen molar-refractivity contribution in [3.63, 3.8) is 0 Å². The lowest BCUT2D eigenvalue weighted by Crippen LogP contribution is -2.15. The molecule has 26 heavy (non-hydrogen) atoms. The van der Waals surface area contributed by atoms with E-state index in [1.807, 2.05) is 48.5 Å². The third-order valence-electron chi connectivity index (χ3n) is 3.89. The lowest BCUT2D eigenvalue weighted by atomic mass is 10.2. The molecular weight excluding hydrogens is 352 g/mol. The number of nitrogens with one attached hydrogen (secondary N) is 1. The smallest absolute Gasteiger partial charge is 0.249 e. The molecular formula is C19H19ClN4O2. The molecule has 3 rings (SSSR count). The van der Waals surface area contributed by atoms with Crippen LogP contribution in [0, 0.1) is 0 Å². The van der Waals surface area contributed by atoms with Gasteiger partial charge in [0, 0.05) is 23.6 Å². The number of ether oxygens (including phenoxy) is 1. The number of carbonyl (C=O) groups is 1. The van der Waals surface area contributed by atoms with Crippen LogP contribution in [0.25, 0.3) is 11.4 Å². The van der Waals surface area contributed by atoms with Crippen LogP contribution < -0.4 is 10.1 Å². The zero-order chi connectivity index (χ0) is 18.5. The Kier molecular flexibility index (Phi) is 5.53. The van der Waals surface area contributed by atoms with Gasteiger partial charge >= 0.3 is 0 Å². The van der Waals surface area contributed by atoms with Gasteiger partial charge in [-0.15, -0.1) is 5.10 Å². The summed E-state index contributed by atoms with van der Waals surface area (Å²) in [4.78, 5) is 16.7. The predicted molar refractivity (Wildman–Crippen MR) is 102 cm³/mol. The fraction of sp³-hybridized carbons (Fsp3) is 0.211. The Balaban J connectivity index is 1.89. The second-order valence-corrected chi connectivity index (χ2v) is 6.00. The molecule has 2 aromatic carbocycles. The quantitative estimate of drug-likeness (QED) is 0.701. The highest BCUT2D eigenvalue weighted by Gasteiger charge is 2.16. The van der Waals surface area contributed by atoms with Crippen LogP contribution in [0.3, 0.4) is 0 Å². The van der Waals surface area contributed by atoms with E-state index in [2.05, 4.69) is 15.4 Å². The van der Waals surface area contributed by atoms with E-state index < -0.39 is 0 Å². The standard InChI is InChI=1S/C19H19ClN4O2/c1-3-17(25)24-19(21-12-14-6-4-5-7-16(14)20)22-18(23-24)13-8-10-15(26-2)11-9-13/h4-11H,3,12H2,1-2H3,(H,21,22,23). The van der Waals surface area contributed by atoms with Crippen molar-refractivity contribution in [2.24, 2.45) is 0 Å². The Morgan fingerprint density at radius 3 is 2.58 bits per heavy atom. The van der Waals surface area contributed by atoms with Gasteiger partial charge in [0.2, 0.25) is 11.9 Å². The summed E-state index contributed by atoms with van der Waals surface area (Å²) >= 11 is 6.19. The van der Waals surface area contributed by atoms with E-state index in [1.165, 1.54) is 4.68 Å². The average Bonchev–Trinajstić information content (AvgIpc) is 3.11. The second kappa shape index (κ2) is 8.01. The molecule has 3 aromatic rings. The number of hydrogen-bond donors (Lipinski definition) is 1. The van der Waals surface area contributed by atoms with Gasteiger partial charge in [-0.25, -0.2) is 0 Å². The normalized spacial score (nSPS) is 10.6. The van der Waals surface area contributed by atoms with Gasteiger partial charge < -0.3 is 10.1 Å². The maximum Gasteiger partial charge on any atom is 0.249 e. The van der Waals surface area contributed by atoms with Gasteiger partial charge in [-0.1, -0.05) is 36.7 Å². The number of benzene rings is 2. The van der Waals surface area contributed by atoms with Crippen LogP contribution in [-0.2, 0) is 6.54 Å². The van der Waals surface area contributed by atoms with E-state index in [-0.39, 0.29) is 5.91 Å². The summed E-state index contributed by atoms with van der Waals surface area (Å²) in [7, 11) is 1.61. The Morgan fingerprint density at radius 2 is 1.92 bits per heavy atom.